The van der Waals surface area contributed by atoms with Crippen molar-refractivity contribution in [2.45, 2.75) is 44.9 Å². The molecule has 0 radical (unpaired) electrons. The second-order valence-corrected chi connectivity index (χ2v) is 6.07. The lowest BCUT2D eigenvalue weighted by atomic mass is 10.0. The van der Waals surface area contributed by atoms with Gasteiger partial charge in [0.2, 0.25) is 0 Å². The molecule has 0 aliphatic rings. The predicted octanol–water partition coefficient (Wildman–Crippen LogP) is 4.38. The molecule has 18 heavy (non-hydrogen) atoms. The summed E-state index contributed by atoms with van der Waals surface area (Å²) in [6.07, 6.45) is 2.08. The fourth-order valence-corrected chi connectivity index (χ4v) is 3.30. The number of hydrogen-bond donors (Lipinski definition) is 1. The van der Waals surface area contributed by atoms with Crippen LogP contribution in [0.2, 0.25) is 0 Å². The summed E-state index contributed by atoms with van der Waals surface area (Å²) in [5.74, 6) is 1.57. The van der Waals surface area contributed by atoms with Crippen LogP contribution in [-0.4, -0.2) is 11.8 Å². The highest BCUT2D eigenvalue weighted by molar-refractivity contribution is 7.99. The molecule has 0 aromatic heterocycles. The molecular formula is C15H24FNS. The van der Waals surface area contributed by atoms with Crippen LogP contribution in [0.5, 0.6) is 0 Å². The van der Waals surface area contributed by atoms with Gasteiger partial charge in [0, 0.05) is 11.3 Å². The molecule has 0 spiro atoms. The Morgan fingerprint density at radius 1 is 1.28 bits per heavy atom. The molecule has 0 heterocycles. The first-order valence-corrected chi connectivity index (χ1v) is 7.76. The highest BCUT2D eigenvalue weighted by atomic mass is 32.2. The molecule has 1 aromatic rings. The van der Waals surface area contributed by atoms with Crippen LogP contribution in [0.1, 0.15) is 44.4 Å². The van der Waals surface area contributed by atoms with Crippen molar-refractivity contribution in [1.29, 1.82) is 0 Å². The van der Waals surface area contributed by atoms with Gasteiger partial charge in [-0.3, -0.25) is 0 Å². The summed E-state index contributed by atoms with van der Waals surface area (Å²) in [7, 11) is 0. The van der Waals surface area contributed by atoms with Gasteiger partial charge < -0.3 is 5.73 Å². The highest BCUT2D eigenvalue weighted by Crippen LogP contribution is 2.34. The van der Waals surface area contributed by atoms with Crippen LogP contribution in [0.25, 0.3) is 0 Å². The highest BCUT2D eigenvalue weighted by Gasteiger charge is 2.20. The number of hydrogen-bond acceptors (Lipinski definition) is 2. The third kappa shape index (κ3) is 4.62. The van der Waals surface area contributed by atoms with E-state index in [1.54, 1.807) is 12.1 Å². The van der Waals surface area contributed by atoms with Crippen molar-refractivity contribution in [3.8, 4) is 0 Å². The third-order valence-corrected chi connectivity index (χ3v) is 5.04. The van der Waals surface area contributed by atoms with E-state index in [1.165, 1.54) is 12.5 Å². The van der Waals surface area contributed by atoms with E-state index >= 15 is 0 Å². The van der Waals surface area contributed by atoms with Crippen molar-refractivity contribution >= 4 is 11.8 Å². The first kappa shape index (κ1) is 15.5. The van der Waals surface area contributed by atoms with Gasteiger partial charge in [0.25, 0.3) is 0 Å². The summed E-state index contributed by atoms with van der Waals surface area (Å²) in [5.41, 5.74) is 7.20. The van der Waals surface area contributed by atoms with Crippen molar-refractivity contribution in [3.05, 3.63) is 35.6 Å². The zero-order valence-corrected chi connectivity index (χ0v) is 12.3. The molecule has 3 heteroatoms. The van der Waals surface area contributed by atoms with Gasteiger partial charge >= 0.3 is 0 Å². The Bertz CT molecular complexity index is 356. The van der Waals surface area contributed by atoms with Gasteiger partial charge in [-0.15, -0.1) is 0 Å². The quantitative estimate of drug-likeness (QED) is 0.794. The summed E-state index contributed by atoms with van der Waals surface area (Å²) in [4.78, 5) is 0. The minimum atomic E-state index is -0.176. The Balaban J connectivity index is 2.78. The third-order valence-electron chi connectivity index (χ3n) is 3.29. The molecule has 0 fully saturated rings. The van der Waals surface area contributed by atoms with Crippen molar-refractivity contribution in [1.82, 2.24) is 0 Å². The number of benzene rings is 1. The lowest BCUT2D eigenvalue weighted by Gasteiger charge is -2.24. The summed E-state index contributed by atoms with van der Waals surface area (Å²) in [6, 6.07) is 6.93. The topological polar surface area (TPSA) is 26.0 Å². The first-order valence-electron chi connectivity index (χ1n) is 6.71. The molecule has 0 saturated heterocycles. The monoisotopic (exact) mass is 269 g/mol. The van der Waals surface area contributed by atoms with E-state index in [-0.39, 0.29) is 17.1 Å². The van der Waals surface area contributed by atoms with Crippen LogP contribution in [0.4, 0.5) is 4.39 Å². The van der Waals surface area contributed by atoms with Gasteiger partial charge in [-0.05, 0) is 35.8 Å². The van der Waals surface area contributed by atoms with E-state index in [9.17, 15) is 4.39 Å². The minimum Gasteiger partial charge on any atom is -0.326 e. The van der Waals surface area contributed by atoms with Crippen molar-refractivity contribution in [2.75, 3.05) is 5.75 Å². The second-order valence-electron chi connectivity index (χ2n) is 4.89. The smallest absolute Gasteiger partial charge is 0.123 e. The van der Waals surface area contributed by atoms with E-state index in [0.29, 0.717) is 5.92 Å². The fourth-order valence-electron chi connectivity index (χ4n) is 1.75. The van der Waals surface area contributed by atoms with E-state index < -0.39 is 0 Å². The summed E-state index contributed by atoms with van der Waals surface area (Å²) < 4.78 is 13.3. The Labute approximate surface area is 114 Å². The van der Waals surface area contributed by atoms with Gasteiger partial charge in [-0.25, -0.2) is 4.39 Å². The van der Waals surface area contributed by atoms with Gasteiger partial charge in [0.1, 0.15) is 5.82 Å². The van der Waals surface area contributed by atoms with E-state index in [0.717, 1.165) is 17.7 Å². The number of nitrogens with two attached hydrogens (primary N) is 1. The number of rotatable bonds is 7. The molecule has 102 valence electrons. The molecule has 3 atom stereocenters. The van der Waals surface area contributed by atoms with Gasteiger partial charge in [0.15, 0.2) is 0 Å². The maximum atomic E-state index is 13.3. The van der Waals surface area contributed by atoms with E-state index in [1.807, 2.05) is 17.8 Å². The van der Waals surface area contributed by atoms with Crippen molar-refractivity contribution in [3.63, 3.8) is 0 Å². The van der Waals surface area contributed by atoms with Gasteiger partial charge in [0.05, 0.1) is 0 Å². The molecule has 2 N–H and O–H groups in total. The Morgan fingerprint density at radius 2 is 2.00 bits per heavy atom. The Kier molecular flexibility index (Phi) is 6.72. The lowest BCUT2D eigenvalue weighted by Crippen LogP contribution is -2.26. The van der Waals surface area contributed by atoms with Crippen LogP contribution < -0.4 is 5.73 Å². The Hall–Kier alpha value is -0.540. The fraction of sp³-hybridized carbons (Fsp3) is 0.600. The van der Waals surface area contributed by atoms with Crippen LogP contribution in [0.3, 0.4) is 0 Å². The Morgan fingerprint density at radius 3 is 2.56 bits per heavy atom. The minimum absolute atomic E-state index is 0.0841. The molecule has 1 rings (SSSR count). The summed E-state index contributed by atoms with van der Waals surface area (Å²) >= 11 is 1.86. The second kappa shape index (κ2) is 7.80. The zero-order valence-electron chi connectivity index (χ0n) is 11.5. The molecule has 0 bridgehead atoms. The maximum absolute atomic E-state index is 13.3. The first-order chi connectivity index (χ1) is 8.58. The summed E-state index contributed by atoms with van der Waals surface area (Å²) in [6.45, 7) is 6.52. The summed E-state index contributed by atoms with van der Waals surface area (Å²) in [5, 5.41) is 0.194. The molecular weight excluding hydrogens is 245 g/mol. The van der Waals surface area contributed by atoms with Crippen molar-refractivity contribution < 1.29 is 4.39 Å². The van der Waals surface area contributed by atoms with Gasteiger partial charge in [-0.1, -0.05) is 39.3 Å². The van der Waals surface area contributed by atoms with Gasteiger partial charge in [-0.2, -0.15) is 11.8 Å². The van der Waals surface area contributed by atoms with Crippen LogP contribution in [0, 0.1) is 11.7 Å². The van der Waals surface area contributed by atoms with Crippen LogP contribution in [0.15, 0.2) is 24.3 Å². The average molecular weight is 269 g/mol. The van der Waals surface area contributed by atoms with Crippen molar-refractivity contribution in [2.24, 2.45) is 11.7 Å². The SMILES string of the molecule is CCC(C)CSC(c1cccc(F)c1)C(N)CC. The normalized spacial score (nSPS) is 16.3. The predicted molar refractivity (Wildman–Crippen MR) is 79.3 cm³/mol. The zero-order chi connectivity index (χ0) is 13.5. The molecule has 0 amide bonds. The lowest BCUT2D eigenvalue weighted by molar-refractivity contribution is 0.603. The van der Waals surface area contributed by atoms with Crippen LogP contribution in [-0.2, 0) is 0 Å². The molecule has 1 aromatic carbocycles. The molecule has 0 aliphatic carbocycles. The largest absolute Gasteiger partial charge is 0.326 e. The number of halogens is 1. The molecule has 3 unspecified atom stereocenters. The van der Waals surface area contributed by atoms with Crippen LogP contribution >= 0.6 is 11.8 Å². The number of thioether (sulfide) groups is 1. The standard InChI is InChI=1S/C15H24FNS/c1-4-11(3)10-18-15(14(17)5-2)12-7-6-8-13(16)9-12/h6-9,11,14-15H,4-5,10,17H2,1-3H3. The molecule has 0 saturated carbocycles. The maximum Gasteiger partial charge on any atom is 0.123 e. The van der Waals surface area contributed by atoms with E-state index in [4.69, 9.17) is 5.73 Å². The molecule has 1 nitrogen and oxygen atoms in total. The molecule has 0 aliphatic heterocycles. The average Bonchev–Trinajstić information content (AvgIpc) is 2.38. The van der Waals surface area contributed by atoms with E-state index in [2.05, 4.69) is 20.8 Å².